The van der Waals surface area contributed by atoms with Crippen LogP contribution in [0.3, 0.4) is 0 Å². The number of urea groups is 1. The van der Waals surface area contributed by atoms with Gasteiger partial charge in [0.15, 0.2) is 0 Å². The summed E-state index contributed by atoms with van der Waals surface area (Å²) in [6, 6.07) is 34.5. The van der Waals surface area contributed by atoms with Crippen LogP contribution in [0, 0.1) is 0 Å². The maximum atomic E-state index is 13.9. The lowest BCUT2D eigenvalue weighted by molar-refractivity contribution is 0.182. The lowest BCUT2D eigenvalue weighted by Crippen LogP contribution is -2.38. The van der Waals surface area contributed by atoms with Gasteiger partial charge in [-0.05, 0) is 35.7 Å². The molecule has 6 heteroatoms. The molecule has 0 saturated heterocycles. The highest BCUT2D eigenvalue weighted by atomic mass is 16.2. The molecule has 0 radical (unpaired) electrons. The fourth-order valence-electron chi connectivity index (χ4n) is 5.08. The molecule has 2 heterocycles. The molecule has 1 aromatic heterocycles. The number of para-hydroxylation sites is 2. The molecule has 1 atom stereocenters. The number of aromatic nitrogens is 2. The van der Waals surface area contributed by atoms with Gasteiger partial charge in [0.25, 0.3) is 5.56 Å². The van der Waals surface area contributed by atoms with E-state index in [0.29, 0.717) is 36.2 Å². The number of anilines is 1. The highest BCUT2D eigenvalue weighted by molar-refractivity contribution is 5.94. The number of amides is 2. The van der Waals surface area contributed by atoms with E-state index in [1.807, 2.05) is 103 Å². The van der Waals surface area contributed by atoms with Gasteiger partial charge in [0.1, 0.15) is 5.82 Å². The zero-order valence-electron chi connectivity index (χ0n) is 20.2. The Morgan fingerprint density at radius 3 is 2.35 bits per heavy atom. The standard InChI is InChI=1S/C31H26N4O2/c36-30-25-16-8-10-18-27(25)32-29-28(19-20-34(29)30)35(21-22-11-3-1-4-12-22)31(37)33-26-17-9-7-15-24(26)23-13-5-2-6-14-23/h1-18,28H,19-21H2,(H,33,37). The van der Waals surface area contributed by atoms with Crippen molar-refractivity contribution >= 4 is 22.6 Å². The third kappa shape index (κ3) is 4.38. The molecule has 1 aliphatic heterocycles. The Hall–Kier alpha value is -4.71. The van der Waals surface area contributed by atoms with Gasteiger partial charge in [-0.25, -0.2) is 9.78 Å². The molecule has 6 rings (SSSR count). The first-order chi connectivity index (χ1) is 18.2. The summed E-state index contributed by atoms with van der Waals surface area (Å²) in [5.41, 5.74) is 4.31. The number of carbonyl (C=O) groups is 1. The van der Waals surface area contributed by atoms with E-state index in [2.05, 4.69) is 5.32 Å². The first kappa shape index (κ1) is 22.7. The van der Waals surface area contributed by atoms with Crippen LogP contribution in [0.5, 0.6) is 0 Å². The highest BCUT2D eigenvalue weighted by Crippen LogP contribution is 2.33. The molecule has 0 bridgehead atoms. The first-order valence-corrected chi connectivity index (χ1v) is 12.4. The van der Waals surface area contributed by atoms with E-state index in [9.17, 15) is 9.59 Å². The minimum absolute atomic E-state index is 0.0578. The summed E-state index contributed by atoms with van der Waals surface area (Å²) in [5.74, 6) is 0.631. The fourth-order valence-corrected chi connectivity index (χ4v) is 5.08. The predicted octanol–water partition coefficient (Wildman–Crippen LogP) is 6.24. The lowest BCUT2D eigenvalue weighted by Gasteiger charge is -2.29. The number of nitrogens with one attached hydrogen (secondary N) is 1. The second kappa shape index (κ2) is 9.74. The van der Waals surface area contributed by atoms with E-state index in [0.717, 1.165) is 22.4 Å². The molecule has 1 N–H and O–H groups in total. The predicted molar refractivity (Wildman–Crippen MR) is 146 cm³/mol. The van der Waals surface area contributed by atoms with Crippen LogP contribution in [0.25, 0.3) is 22.0 Å². The van der Waals surface area contributed by atoms with Crippen molar-refractivity contribution in [3.8, 4) is 11.1 Å². The summed E-state index contributed by atoms with van der Waals surface area (Å²) in [7, 11) is 0. The Bertz CT molecular complexity index is 1630. The summed E-state index contributed by atoms with van der Waals surface area (Å²) >= 11 is 0. The van der Waals surface area contributed by atoms with Gasteiger partial charge in [0, 0.05) is 18.7 Å². The third-order valence-corrected chi connectivity index (χ3v) is 6.90. The van der Waals surface area contributed by atoms with Crippen LogP contribution < -0.4 is 10.9 Å². The number of hydrogen-bond acceptors (Lipinski definition) is 3. The first-order valence-electron chi connectivity index (χ1n) is 12.4. The number of benzene rings is 4. The Morgan fingerprint density at radius 1 is 0.865 bits per heavy atom. The van der Waals surface area contributed by atoms with Gasteiger partial charge >= 0.3 is 6.03 Å². The summed E-state index contributed by atoms with van der Waals surface area (Å²) in [4.78, 5) is 33.8. The van der Waals surface area contributed by atoms with Crippen molar-refractivity contribution < 1.29 is 4.79 Å². The molecule has 6 nitrogen and oxygen atoms in total. The zero-order chi connectivity index (χ0) is 25.2. The molecular formula is C31H26N4O2. The van der Waals surface area contributed by atoms with Gasteiger partial charge in [-0.3, -0.25) is 9.36 Å². The van der Waals surface area contributed by atoms with Gasteiger partial charge in [-0.1, -0.05) is 91.0 Å². The molecule has 1 unspecified atom stereocenters. The van der Waals surface area contributed by atoms with Crippen molar-refractivity contribution in [1.29, 1.82) is 0 Å². The summed E-state index contributed by atoms with van der Waals surface area (Å²) < 4.78 is 1.72. The normalized spacial score (nSPS) is 14.3. The van der Waals surface area contributed by atoms with Crippen LogP contribution in [0.1, 0.15) is 23.9 Å². The number of rotatable bonds is 5. The lowest BCUT2D eigenvalue weighted by atomic mass is 10.0. The Morgan fingerprint density at radius 2 is 1.54 bits per heavy atom. The average Bonchev–Trinajstić information content (AvgIpc) is 3.37. The van der Waals surface area contributed by atoms with Gasteiger partial charge < -0.3 is 10.2 Å². The summed E-state index contributed by atoms with van der Waals surface area (Å²) in [6.07, 6.45) is 0.624. The SMILES string of the molecule is O=C(Nc1ccccc1-c1ccccc1)N(Cc1ccccc1)C1CCn2c1nc1ccccc1c2=O. The van der Waals surface area contributed by atoms with Gasteiger partial charge in [0.05, 0.1) is 22.6 Å². The number of nitrogens with zero attached hydrogens (tertiary/aromatic N) is 3. The van der Waals surface area contributed by atoms with Crippen LogP contribution in [0.15, 0.2) is 114 Å². The van der Waals surface area contributed by atoms with Crippen LogP contribution in [0.2, 0.25) is 0 Å². The van der Waals surface area contributed by atoms with E-state index >= 15 is 0 Å². The van der Waals surface area contributed by atoms with Crippen molar-refractivity contribution in [2.24, 2.45) is 0 Å². The van der Waals surface area contributed by atoms with Gasteiger partial charge in [-0.15, -0.1) is 0 Å². The number of fused-ring (bicyclic) bond motifs is 2. The van der Waals surface area contributed by atoms with Crippen molar-refractivity contribution in [2.45, 2.75) is 25.6 Å². The van der Waals surface area contributed by atoms with Crippen LogP contribution >= 0.6 is 0 Å². The van der Waals surface area contributed by atoms with Crippen LogP contribution in [-0.4, -0.2) is 20.5 Å². The second-order valence-electron chi connectivity index (χ2n) is 9.20. The topological polar surface area (TPSA) is 67.2 Å². The van der Waals surface area contributed by atoms with Crippen molar-refractivity contribution in [1.82, 2.24) is 14.5 Å². The molecule has 1 aliphatic rings. The van der Waals surface area contributed by atoms with E-state index in [4.69, 9.17) is 4.98 Å². The van der Waals surface area contributed by atoms with E-state index < -0.39 is 0 Å². The smallest absolute Gasteiger partial charge is 0.310 e. The molecule has 0 saturated carbocycles. The maximum Gasteiger partial charge on any atom is 0.322 e. The Labute approximate surface area is 214 Å². The monoisotopic (exact) mass is 486 g/mol. The Kier molecular flexibility index (Phi) is 5.98. The molecule has 4 aromatic carbocycles. The van der Waals surface area contributed by atoms with Crippen LogP contribution in [0.4, 0.5) is 10.5 Å². The number of hydrogen-bond donors (Lipinski definition) is 1. The molecule has 0 aliphatic carbocycles. The molecule has 182 valence electrons. The molecule has 37 heavy (non-hydrogen) atoms. The molecule has 2 amide bonds. The third-order valence-electron chi connectivity index (χ3n) is 6.90. The summed E-state index contributed by atoms with van der Waals surface area (Å²) in [6.45, 7) is 0.920. The largest absolute Gasteiger partial charge is 0.322 e. The molecule has 0 fully saturated rings. The van der Waals surface area contributed by atoms with Crippen molar-refractivity contribution in [3.05, 3.63) is 131 Å². The quantitative estimate of drug-likeness (QED) is 0.320. The molecular weight excluding hydrogens is 460 g/mol. The van der Waals surface area contributed by atoms with Gasteiger partial charge in [-0.2, -0.15) is 0 Å². The minimum atomic E-state index is -0.332. The fraction of sp³-hybridized carbons (Fsp3) is 0.129. The highest BCUT2D eigenvalue weighted by Gasteiger charge is 2.34. The molecule has 5 aromatic rings. The van der Waals surface area contributed by atoms with Crippen molar-refractivity contribution in [2.75, 3.05) is 5.32 Å². The van der Waals surface area contributed by atoms with E-state index in [-0.39, 0.29) is 17.6 Å². The van der Waals surface area contributed by atoms with Crippen molar-refractivity contribution in [3.63, 3.8) is 0 Å². The average molecular weight is 487 g/mol. The summed E-state index contributed by atoms with van der Waals surface area (Å²) in [5, 5.41) is 3.76. The van der Waals surface area contributed by atoms with E-state index in [1.165, 1.54) is 0 Å². The van der Waals surface area contributed by atoms with Gasteiger partial charge in [0.2, 0.25) is 0 Å². The molecule has 0 spiro atoms. The second-order valence-corrected chi connectivity index (χ2v) is 9.20. The zero-order valence-corrected chi connectivity index (χ0v) is 20.2. The number of carbonyl (C=O) groups excluding carboxylic acids is 1. The van der Waals surface area contributed by atoms with Crippen LogP contribution in [-0.2, 0) is 13.1 Å². The van der Waals surface area contributed by atoms with E-state index in [1.54, 1.807) is 15.5 Å². The Balaban J connectivity index is 1.39. The maximum absolute atomic E-state index is 13.9. The minimum Gasteiger partial charge on any atom is -0.310 e.